The van der Waals surface area contributed by atoms with Gasteiger partial charge in [0.1, 0.15) is 17.3 Å². The third kappa shape index (κ3) is 4.27. The van der Waals surface area contributed by atoms with E-state index in [2.05, 4.69) is 15.3 Å². The summed E-state index contributed by atoms with van der Waals surface area (Å²) in [4.78, 5) is 8.60. The average molecular weight is 368 g/mol. The van der Waals surface area contributed by atoms with Gasteiger partial charge in [-0.05, 0) is 43.3 Å². The van der Waals surface area contributed by atoms with E-state index >= 15 is 0 Å². The van der Waals surface area contributed by atoms with E-state index in [1.54, 1.807) is 0 Å². The normalized spacial score (nSPS) is 10.5. The Balaban J connectivity index is 1.50. The van der Waals surface area contributed by atoms with Crippen LogP contribution in [0.3, 0.4) is 0 Å². The first-order chi connectivity index (χ1) is 13.7. The Bertz CT molecular complexity index is 1060. The molecule has 0 unspecified atom stereocenters. The van der Waals surface area contributed by atoms with Crippen molar-refractivity contribution in [3.8, 4) is 22.8 Å². The molecule has 0 spiro atoms. The third-order valence-corrected chi connectivity index (χ3v) is 4.20. The largest absolute Gasteiger partial charge is 0.457 e. The molecule has 5 heteroatoms. The molecular weight excluding hydrogens is 348 g/mol. The Labute approximate surface area is 163 Å². The number of hydrogen-bond acceptors (Lipinski definition) is 5. The molecule has 1 aromatic heterocycles. The molecule has 0 atom stereocenters. The molecule has 0 fully saturated rings. The summed E-state index contributed by atoms with van der Waals surface area (Å²) >= 11 is 0. The summed E-state index contributed by atoms with van der Waals surface area (Å²) in [6, 6.07) is 27.4. The van der Waals surface area contributed by atoms with Gasteiger partial charge in [0.2, 0.25) is 5.95 Å². The zero-order valence-electron chi connectivity index (χ0n) is 15.5. The first-order valence-corrected chi connectivity index (χ1v) is 8.97. The number of nitrogens with two attached hydrogens (primary N) is 1. The van der Waals surface area contributed by atoms with Crippen molar-refractivity contribution in [3.05, 3.63) is 90.5 Å². The molecular formula is C23H20N4O. The minimum Gasteiger partial charge on any atom is -0.457 e. The highest BCUT2D eigenvalue weighted by molar-refractivity contribution is 5.67. The van der Waals surface area contributed by atoms with Gasteiger partial charge in [0, 0.05) is 17.3 Å². The lowest BCUT2D eigenvalue weighted by atomic mass is 10.1. The average Bonchev–Trinajstić information content (AvgIpc) is 2.71. The van der Waals surface area contributed by atoms with Crippen LogP contribution in [0.4, 0.5) is 17.5 Å². The van der Waals surface area contributed by atoms with Crippen molar-refractivity contribution in [2.24, 2.45) is 0 Å². The summed E-state index contributed by atoms with van der Waals surface area (Å²) < 4.78 is 5.86. The molecule has 0 aliphatic carbocycles. The van der Waals surface area contributed by atoms with Gasteiger partial charge in [-0.1, -0.05) is 48.0 Å². The first kappa shape index (κ1) is 17.5. The topological polar surface area (TPSA) is 73.1 Å². The highest BCUT2D eigenvalue weighted by Gasteiger charge is 2.06. The number of benzene rings is 3. The van der Waals surface area contributed by atoms with Gasteiger partial charge in [-0.25, -0.2) is 4.98 Å². The van der Waals surface area contributed by atoms with Crippen LogP contribution in [-0.4, -0.2) is 9.97 Å². The standard InChI is InChI=1S/C23H20N4O/c1-16-7-11-19(12-8-16)28-20-13-9-18(10-14-20)25-22-15-21(26-23(24)27-22)17-5-3-2-4-6-17/h2-15H,1H3,(H3,24,25,26,27). The second-order valence-electron chi connectivity index (χ2n) is 6.43. The molecule has 0 radical (unpaired) electrons. The molecule has 4 rings (SSSR count). The van der Waals surface area contributed by atoms with Gasteiger partial charge < -0.3 is 15.8 Å². The molecule has 0 aliphatic heterocycles. The summed E-state index contributed by atoms with van der Waals surface area (Å²) in [7, 11) is 0. The quantitative estimate of drug-likeness (QED) is 0.482. The van der Waals surface area contributed by atoms with E-state index in [9.17, 15) is 0 Å². The number of aryl methyl sites for hydroxylation is 1. The van der Waals surface area contributed by atoms with E-state index in [4.69, 9.17) is 10.5 Å². The molecule has 0 amide bonds. The highest BCUT2D eigenvalue weighted by atomic mass is 16.5. The monoisotopic (exact) mass is 368 g/mol. The second kappa shape index (κ2) is 7.80. The molecule has 3 N–H and O–H groups in total. The second-order valence-corrected chi connectivity index (χ2v) is 6.43. The molecule has 1 heterocycles. The number of nitrogen functional groups attached to an aromatic ring is 1. The molecule has 0 saturated carbocycles. The molecule has 28 heavy (non-hydrogen) atoms. The molecule has 4 aromatic rings. The van der Waals surface area contributed by atoms with Crippen LogP contribution in [0.15, 0.2) is 84.9 Å². The summed E-state index contributed by atoms with van der Waals surface area (Å²) in [5.41, 5.74) is 9.73. The van der Waals surface area contributed by atoms with E-state index in [0.29, 0.717) is 5.82 Å². The van der Waals surface area contributed by atoms with Gasteiger partial charge in [-0.3, -0.25) is 0 Å². The van der Waals surface area contributed by atoms with E-state index in [1.165, 1.54) is 5.56 Å². The Morgan fingerprint density at radius 3 is 2.11 bits per heavy atom. The van der Waals surface area contributed by atoms with Crippen molar-refractivity contribution in [1.29, 1.82) is 0 Å². The summed E-state index contributed by atoms with van der Waals surface area (Å²) in [5, 5.41) is 3.27. The van der Waals surface area contributed by atoms with Gasteiger partial charge in [0.05, 0.1) is 5.69 Å². The Morgan fingerprint density at radius 2 is 1.43 bits per heavy atom. The maximum Gasteiger partial charge on any atom is 0.222 e. The van der Waals surface area contributed by atoms with E-state index in [0.717, 1.165) is 28.4 Å². The van der Waals surface area contributed by atoms with Gasteiger partial charge in [-0.2, -0.15) is 4.98 Å². The lowest BCUT2D eigenvalue weighted by Crippen LogP contribution is -2.01. The number of aromatic nitrogens is 2. The molecule has 3 aromatic carbocycles. The molecule has 138 valence electrons. The van der Waals surface area contributed by atoms with E-state index in [-0.39, 0.29) is 5.95 Å². The van der Waals surface area contributed by atoms with Gasteiger partial charge >= 0.3 is 0 Å². The Morgan fingerprint density at radius 1 is 0.786 bits per heavy atom. The maximum absolute atomic E-state index is 5.89. The number of rotatable bonds is 5. The number of anilines is 3. The minimum absolute atomic E-state index is 0.225. The number of nitrogens with zero attached hydrogens (tertiary/aromatic N) is 2. The molecule has 0 bridgehead atoms. The van der Waals surface area contributed by atoms with Crippen LogP contribution in [0.1, 0.15) is 5.56 Å². The summed E-state index contributed by atoms with van der Waals surface area (Å²) in [5.74, 6) is 2.44. The van der Waals surface area contributed by atoms with Crippen molar-refractivity contribution in [2.45, 2.75) is 6.92 Å². The first-order valence-electron chi connectivity index (χ1n) is 8.97. The van der Waals surface area contributed by atoms with Crippen LogP contribution >= 0.6 is 0 Å². The van der Waals surface area contributed by atoms with Crippen LogP contribution < -0.4 is 15.8 Å². The van der Waals surface area contributed by atoms with Gasteiger partial charge in [0.25, 0.3) is 0 Å². The van der Waals surface area contributed by atoms with Crippen molar-refractivity contribution >= 4 is 17.5 Å². The minimum atomic E-state index is 0.225. The van der Waals surface area contributed by atoms with Gasteiger partial charge in [-0.15, -0.1) is 0 Å². The third-order valence-electron chi connectivity index (χ3n) is 4.20. The molecule has 0 saturated heterocycles. The van der Waals surface area contributed by atoms with Crippen LogP contribution in [0.2, 0.25) is 0 Å². The zero-order chi connectivity index (χ0) is 19.3. The Kier molecular flexibility index (Phi) is 4.89. The summed E-state index contributed by atoms with van der Waals surface area (Å²) in [6.45, 7) is 2.05. The van der Waals surface area contributed by atoms with Crippen LogP contribution in [-0.2, 0) is 0 Å². The highest BCUT2D eigenvalue weighted by Crippen LogP contribution is 2.26. The number of ether oxygens (including phenoxy) is 1. The Hall–Kier alpha value is -3.86. The fourth-order valence-electron chi connectivity index (χ4n) is 2.78. The van der Waals surface area contributed by atoms with E-state index in [1.807, 2.05) is 91.9 Å². The number of hydrogen-bond donors (Lipinski definition) is 2. The SMILES string of the molecule is Cc1ccc(Oc2ccc(Nc3cc(-c4ccccc4)nc(N)n3)cc2)cc1. The van der Waals surface area contributed by atoms with Crippen LogP contribution in [0, 0.1) is 6.92 Å². The van der Waals surface area contributed by atoms with Crippen LogP contribution in [0.25, 0.3) is 11.3 Å². The predicted molar refractivity (Wildman–Crippen MR) is 113 cm³/mol. The summed E-state index contributed by atoms with van der Waals surface area (Å²) in [6.07, 6.45) is 0. The molecule has 5 nitrogen and oxygen atoms in total. The smallest absolute Gasteiger partial charge is 0.222 e. The van der Waals surface area contributed by atoms with Crippen molar-refractivity contribution in [3.63, 3.8) is 0 Å². The zero-order valence-corrected chi connectivity index (χ0v) is 15.5. The molecule has 0 aliphatic rings. The van der Waals surface area contributed by atoms with Crippen LogP contribution in [0.5, 0.6) is 11.5 Å². The van der Waals surface area contributed by atoms with E-state index < -0.39 is 0 Å². The fourth-order valence-corrected chi connectivity index (χ4v) is 2.78. The maximum atomic E-state index is 5.89. The van der Waals surface area contributed by atoms with Crippen molar-refractivity contribution in [2.75, 3.05) is 11.1 Å². The predicted octanol–water partition coefficient (Wildman–Crippen LogP) is 5.57. The van der Waals surface area contributed by atoms with Crippen molar-refractivity contribution in [1.82, 2.24) is 9.97 Å². The van der Waals surface area contributed by atoms with Crippen molar-refractivity contribution < 1.29 is 4.74 Å². The van der Waals surface area contributed by atoms with Gasteiger partial charge in [0.15, 0.2) is 0 Å². The number of nitrogens with one attached hydrogen (secondary N) is 1. The lowest BCUT2D eigenvalue weighted by Gasteiger charge is -2.10. The lowest BCUT2D eigenvalue weighted by molar-refractivity contribution is 0.482. The fraction of sp³-hybridized carbons (Fsp3) is 0.0435.